The normalized spacial score (nSPS) is 10.2. The molecule has 2 aromatic rings. The van der Waals surface area contributed by atoms with E-state index in [0.29, 0.717) is 12.4 Å². The number of hydrogen-bond donors (Lipinski definition) is 0. The summed E-state index contributed by atoms with van der Waals surface area (Å²) in [6.45, 7) is 0.655. The molecule has 0 amide bonds. The molecule has 2 rings (SSSR count). The highest BCUT2D eigenvalue weighted by molar-refractivity contribution is 5.21. The first-order valence-corrected chi connectivity index (χ1v) is 5.34. The van der Waals surface area contributed by atoms with Crippen molar-refractivity contribution in [2.75, 3.05) is 6.79 Å². The molecule has 0 saturated carbocycles. The van der Waals surface area contributed by atoms with Gasteiger partial charge < -0.3 is 9.47 Å². The van der Waals surface area contributed by atoms with Gasteiger partial charge in [0.25, 0.3) is 0 Å². The number of halogens is 1. The summed E-state index contributed by atoms with van der Waals surface area (Å²) in [4.78, 5) is 0. The molecule has 0 aliphatic rings. The van der Waals surface area contributed by atoms with Crippen LogP contribution < -0.4 is 4.74 Å². The average molecular weight is 232 g/mol. The third-order valence-corrected chi connectivity index (χ3v) is 2.23. The standard InChI is InChI=1S/C14H13FO2/c15-13-6-8-14(9-7-13)17-11-16-10-12-4-2-1-3-5-12/h1-9H,10-11H2. The van der Waals surface area contributed by atoms with Crippen LogP contribution >= 0.6 is 0 Å². The highest BCUT2D eigenvalue weighted by Crippen LogP contribution is 2.11. The SMILES string of the molecule is Fc1ccc(OCOCc2ccccc2)cc1. The van der Waals surface area contributed by atoms with Gasteiger partial charge in [0, 0.05) is 0 Å². The maximum atomic E-state index is 12.6. The van der Waals surface area contributed by atoms with Gasteiger partial charge in [-0.05, 0) is 29.8 Å². The molecular weight excluding hydrogens is 219 g/mol. The van der Waals surface area contributed by atoms with Gasteiger partial charge in [0.05, 0.1) is 6.61 Å². The van der Waals surface area contributed by atoms with E-state index in [0.717, 1.165) is 5.56 Å². The lowest BCUT2D eigenvalue weighted by molar-refractivity contribution is 0.00501. The van der Waals surface area contributed by atoms with E-state index in [1.165, 1.54) is 12.1 Å². The maximum Gasteiger partial charge on any atom is 0.189 e. The Morgan fingerprint density at radius 3 is 2.29 bits per heavy atom. The van der Waals surface area contributed by atoms with Crippen LogP contribution in [-0.2, 0) is 11.3 Å². The molecule has 0 heterocycles. The number of ether oxygens (including phenoxy) is 2. The smallest absolute Gasteiger partial charge is 0.189 e. The fourth-order valence-electron chi connectivity index (χ4n) is 1.37. The van der Waals surface area contributed by atoms with E-state index >= 15 is 0 Å². The van der Waals surface area contributed by atoms with E-state index in [2.05, 4.69) is 0 Å². The van der Waals surface area contributed by atoms with Crippen molar-refractivity contribution in [3.8, 4) is 5.75 Å². The topological polar surface area (TPSA) is 18.5 Å². The van der Waals surface area contributed by atoms with Gasteiger partial charge >= 0.3 is 0 Å². The van der Waals surface area contributed by atoms with Crippen molar-refractivity contribution >= 4 is 0 Å². The second-order valence-corrected chi connectivity index (χ2v) is 3.55. The second-order valence-electron chi connectivity index (χ2n) is 3.55. The quantitative estimate of drug-likeness (QED) is 0.581. The lowest BCUT2D eigenvalue weighted by atomic mass is 10.2. The summed E-state index contributed by atoms with van der Waals surface area (Å²) in [5.74, 6) is 0.321. The average Bonchev–Trinajstić information content (AvgIpc) is 2.38. The molecule has 0 aromatic heterocycles. The first-order chi connectivity index (χ1) is 8.34. The molecule has 0 fully saturated rings. The molecule has 3 heteroatoms. The summed E-state index contributed by atoms with van der Waals surface area (Å²) in [5.41, 5.74) is 1.09. The van der Waals surface area contributed by atoms with Crippen molar-refractivity contribution in [2.24, 2.45) is 0 Å². The maximum absolute atomic E-state index is 12.6. The van der Waals surface area contributed by atoms with Gasteiger partial charge in [0.2, 0.25) is 0 Å². The number of rotatable bonds is 5. The van der Waals surface area contributed by atoms with Gasteiger partial charge in [-0.2, -0.15) is 0 Å². The fourth-order valence-corrected chi connectivity index (χ4v) is 1.37. The van der Waals surface area contributed by atoms with Gasteiger partial charge in [0.15, 0.2) is 6.79 Å². The van der Waals surface area contributed by atoms with E-state index in [4.69, 9.17) is 9.47 Å². The van der Waals surface area contributed by atoms with Crippen LogP contribution in [0.15, 0.2) is 54.6 Å². The lowest BCUT2D eigenvalue weighted by Gasteiger charge is -2.07. The van der Waals surface area contributed by atoms with Crippen LogP contribution in [0.5, 0.6) is 5.75 Å². The van der Waals surface area contributed by atoms with E-state index in [-0.39, 0.29) is 12.6 Å². The second kappa shape index (κ2) is 6.01. The predicted octanol–water partition coefficient (Wildman–Crippen LogP) is 3.38. The van der Waals surface area contributed by atoms with E-state index < -0.39 is 0 Å². The zero-order valence-corrected chi connectivity index (χ0v) is 9.30. The summed E-state index contributed by atoms with van der Waals surface area (Å²) in [6, 6.07) is 15.7. The van der Waals surface area contributed by atoms with Crippen LogP contribution in [0.4, 0.5) is 4.39 Å². The Labute approximate surface area is 99.6 Å². The van der Waals surface area contributed by atoms with Crippen molar-refractivity contribution in [1.29, 1.82) is 0 Å². The molecule has 0 radical (unpaired) electrons. The predicted molar refractivity (Wildman–Crippen MR) is 63.1 cm³/mol. The van der Waals surface area contributed by atoms with E-state index in [1.54, 1.807) is 12.1 Å². The number of benzene rings is 2. The van der Waals surface area contributed by atoms with Gasteiger partial charge in [0.1, 0.15) is 11.6 Å². The molecule has 2 nitrogen and oxygen atoms in total. The Morgan fingerprint density at radius 1 is 0.882 bits per heavy atom. The molecule has 0 aliphatic heterocycles. The minimum Gasteiger partial charge on any atom is -0.468 e. The Morgan fingerprint density at radius 2 is 1.59 bits per heavy atom. The molecule has 0 unspecified atom stereocenters. The van der Waals surface area contributed by atoms with Crippen LogP contribution in [0.2, 0.25) is 0 Å². The largest absolute Gasteiger partial charge is 0.468 e. The van der Waals surface area contributed by atoms with Crippen molar-refractivity contribution in [1.82, 2.24) is 0 Å². The molecule has 0 aliphatic carbocycles. The van der Waals surface area contributed by atoms with Crippen LogP contribution in [0.1, 0.15) is 5.56 Å². The molecule has 0 bridgehead atoms. The molecule has 0 spiro atoms. The van der Waals surface area contributed by atoms with Crippen molar-refractivity contribution < 1.29 is 13.9 Å². The molecule has 17 heavy (non-hydrogen) atoms. The number of hydrogen-bond acceptors (Lipinski definition) is 2. The van der Waals surface area contributed by atoms with E-state index in [9.17, 15) is 4.39 Å². The summed E-state index contributed by atoms with van der Waals surface area (Å²) in [5, 5.41) is 0. The molecular formula is C14H13FO2. The van der Waals surface area contributed by atoms with Gasteiger partial charge in [-0.25, -0.2) is 4.39 Å². The fraction of sp³-hybridized carbons (Fsp3) is 0.143. The first-order valence-electron chi connectivity index (χ1n) is 5.34. The van der Waals surface area contributed by atoms with Gasteiger partial charge in [-0.3, -0.25) is 0 Å². The van der Waals surface area contributed by atoms with Crippen molar-refractivity contribution in [2.45, 2.75) is 6.61 Å². The highest BCUT2D eigenvalue weighted by atomic mass is 19.1. The molecule has 0 N–H and O–H groups in total. The van der Waals surface area contributed by atoms with Crippen LogP contribution in [0.3, 0.4) is 0 Å². The Hall–Kier alpha value is -1.87. The van der Waals surface area contributed by atoms with Crippen LogP contribution in [-0.4, -0.2) is 6.79 Å². The van der Waals surface area contributed by atoms with Crippen molar-refractivity contribution in [3.63, 3.8) is 0 Å². The Balaban J connectivity index is 1.71. The molecule has 88 valence electrons. The third kappa shape index (κ3) is 3.89. The summed E-state index contributed by atoms with van der Waals surface area (Å²) in [6.07, 6.45) is 0. The molecule has 0 saturated heterocycles. The van der Waals surface area contributed by atoms with Gasteiger partial charge in [-0.1, -0.05) is 30.3 Å². The first kappa shape index (κ1) is 11.6. The summed E-state index contributed by atoms with van der Waals surface area (Å²) in [7, 11) is 0. The van der Waals surface area contributed by atoms with Crippen LogP contribution in [0, 0.1) is 5.82 Å². The lowest BCUT2D eigenvalue weighted by Crippen LogP contribution is -2.02. The summed E-state index contributed by atoms with van der Waals surface area (Å²) >= 11 is 0. The highest BCUT2D eigenvalue weighted by Gasteiger charge is 1.95. The zero-order valence-electron chi connectivity index (χ0n) is 9.30. The Kier molecular flexibility index (Phi) is 4.11. The monoisotopic (exact) mass is 232 g/mol. The van der Waals surface area contributed by atoms with Crippen molar-refractivity contribution in [3.05, 3.63) is 66.0 Å². The zero-order chi connectivity index (χ0) is 11.9. The van der Waals surface area contributed by atoms with Crippen LogP contribution in [0.25, 0.3) is 0 Å². The van der Waals surface area contributed by atoms with E-state index in [1.807, 2.05) is 30.3 Å². The minimum absolute atomic E-state index is 0.153. The molecule has 0 atom stereocenters. The Bertz CT molecular complexity index is 440. The third-order valence-electron chi connectivity index (χ3n) is 2.23. The van der Waals surface area contributed by atoms with Gasteiger partial charge in [-0.15, -0.1) is 0 Å². The molecule has 2 aromatic carbocycles. The summed E-state index contributed by atoms with van der Waals surface area (Å²) < 4.78 is 23.2. The minimum atomic E-state index is -0.275.